The first-order chi connectivity index (χ1) is 13.5. The third kappa shape index (κ3) is 4.69. The molecule has 1 unspecified atom stereocenters. The van der Waals surface area contributed by atoms with Crippen LogP contribution in [0.1, 0.15) is 19.4 Å². The molecule has 1 aromatic rings. The summed E-state index contributed by atoms with van der Waals surface area (Å²) in [6, 6.07) is 4.73. The fourth-order valence-electron chi connectivity index (χ4n) is 2.63. The molecular formula is C18H19N3O6S. The highest BCUT2D eigenvalue weighted by Crippen LogP contribution is 2.32. The fourth-order valence-corrected chi connectivity index (χ4v) is 3.59. The number of esters is 1. The van der Waals surface area contributed by atoms with Gasteiger partial charge in [-0.15, -0.1) is 0 Å². The lowest BCUT2D eigenvalue weighted by Gasteiger charge is -2.19. The van der Waals surface area contributed by atoms with E-state index in [1.54, 1.807) is 26.0 Å². The van der Waals surface area contributed by atoms with Gasteiger partial charge in [0.05, 0.1) is 17.4 Å². The van der Waals surface area contributed by atoms with E-state index in [2.05, 4.69) is 15.3 Å². The Morgan fingerprint density at radius 1 is 1.29 bits per heavy atom. The van der Waals surface area contributed by atoms with Crippen molar-refractivity contribution in [3.63, 3.8) is 0 Å². The van der Waals surface area contributed by atoms with E-state index < -0.39 is 17.9 Å². The molecule has 2 heterocycles. The van der Waals surface area contributed by atoms with Gasteiger partial charge < -0.3 is 19.5 Å². The van der Waals surface area contributed by atoms with Gasteiger partial charge in [-0.1, -0.05) is 17.8 Å². The highest BCUT2D eigenvalue weighted by molar-refractivity contribution is 8.14. The predicted molar refractivity (Wildman–Crippen MR) is 103 cm³/mol. The Labute approximate surface area is 165 Å². The Kier molecular flexibility index (Phi) is 6.30. The second-order valence-electron chi connectivity index (χ2n) is 5.92. The number of urea groups is 1. The van der Waals surface area contributed by atoms with Crippen molar-refractivity contribution >= 4 is 40.4 Å². The number of carbonyl (C=O) groups excluding carboxylic acids is 3. The zero-order valence-corrected chi connectivity index (χ0v) is 16.2. The Balaban J connectivity index is 1.55. The summed E-state index contributed by atoms with van der Waals surface area (Å²) in [5.41, 5.74) is 1.17. The Morgan fingerprint density at radius 2 is 2.07 bits per heavy atom. The van der Waals surface area contributed by atoms with Crippen LogP contribution in [-0.2, 0) is 20.9 Å². The van der Waals surface area contributed by atoms with Crippen molar-refractivity contribution in [3.8, 4) is 11.5 Å². The summed E-state index contributed by atoms with van der Waals surface area (Å²) in [4.78, 5) is 43.4. The molecule has 1 aromatic carbocycles. The van der Waals surface area contributed by atoms with Crippen LogP contribution < -0.4 is 14.8 Å². The number of carbonyl (C=O) groups is 3. The molecule has 0 saturated heterocycles. The van der Waals surface area contributed by atoms with Gasteiger partial charge in [-0.05, 0) is 31.5 Å². The van der Waals surface area contributed by atoms with Crippen LogP contribution in [-0.4, -0.2) is 47.8 Å². The van der Waals surface area contributed by atoms with E-state index in [9.17, 15) is 14.4 Å². The van der Waals surface area contributed by atoms with E-state index in [1.165, 1.54) is 0 Å². The lowest BCUT2D eigenvalue weighted by atomic mass is 10.1. The highest BCUT2D eigenvalue weighted by atomic mass is 32.2. The maximum absolute atomic E-state index is 12.2. The van der Waals surface area contributed by atoms with Crippen molar-refractivity contribution in [2.75, 3.05) is 19.2 Å². The molecule has 1 atom stereocenters. The predicted octanol–water partition coefficient (Wildman–Crippen LogP) is 1.94. The van der Waals surface area contributed by atoms with Gasteiger partial charge in [0.15, 0.2) is 11.5 Å². The normalized spacial score (nSPS) is 17.6. The van der Waals surface area contributed by atoms with Gasteiger partial charge >= 0.3 is 12.0 Å². The summed E-state index contributed by atoms with van der Waals surface area (Å²) in [5, 5.41) is 3.00. The minimum absolute atomic E-state index is 0.000149. The SMILES string of the molecule is CCOC(=O)C1C(C)=NC(=O)N=C1SCC(=O)NCc1ccc2c(c1)OCO2. The van der Waals surface area contributed by atoms with E-state index in [0.717, 1.165) is 17.3 Å². The minimum Gasteiger partial charge on any atom is -0.465 e. The lowest BCUT2D eigenvalue weighted by molar-refractivity contribution is -0.143. The van der Waals surface area contributed by atoms with Gasteiger partial charge in [-0.2, -0.15) is 9.98 Å². The second-order valence-corrected chi connectivity index (χ2v) is 6.92. The Morgan fingerprint density at radius 3 is 2.86 bits per heavy atom. The second kappa shape index (κ2) is 8.87. The summed E-state index contributed by atoms with van der Waals surface area (Å²) < 4.78 is 15.6. The monoisotopic (exact) mass is 405 g/mol. The van der Waals surface area contributed by atoms with Gasteiger partial charge in [0.25, 0.3) is 0 Å². The van der Waals surface area contributed by atoms with Crippen molar-refractivity contribution in [1.29, 1.82) is 0 Å². The lowest BCUT2D eigenvalue weighted by Crippen LogP contribution is -2.35. The first kappa shape index (κ1) is 19.9. The Bertz CT molecular complexity index is 867. The molecule has 2 aliphatic rings. The first-order valence-electron chi connectivity index (χ1n) is 8.60. The van der Waals surface area contributed by atoms with Crippen LogP contribution in [0.25, 0.3) is 0 Å². The largest absolute Gasteiger partial charge is 0.465 e. The maximum atomic E-state index is 12.2. The van der Waals surface area contributed by atoms with Crippen molar-refractivity contribution in [2.24, 2.45) is 15.9 Å². The molecule has 0 saturated carbocycles. The topological polar surface area (TPSA) is 116 Å². The quantitative estimate of drug-likeness (QED) is 0.719. The van der Waals surface area contributed by atoms with Gasteiger partial charge in [0, 0.05) is 12.3 Å². The zero-order valence-electron chi connectivity index (χ0n) is 15.4. The molecule has 10 heteroatoms. The molecule has 148 valence electrons. The number of nitrogens with one attached hydrogen (secondary N) is 1. The zero-order chi connectivity index (χ0) is 20.1. The third-order valence-corrected chi connectivity index (χ3v) is 4.97. The molecule has 0 aromatic heterocycles. The van der Waals surface area contributed by atoms with Crippen LogP contribution in [0.4, 0.5) is 4.79 Å². The van der Waals surface area contributed by atoms with Crippen LogP contribution >= 0.6 is 11.8 Å². The number of rotatable bonds is 6. The molecule has 0 spiro atoms. The number of nitrogens with zero attached hydrogens (tertiary/aromatic N) is 2. The molecule has 3 rings (SSSR count). The molecule has 28 heavy (non-hydrogen) atoms. The molecule has 0 bridgehead atoms. The van der Waals surface area contributed by atoms with Crippen LogP contribution in [0.15, 0.2) is 28.2 Å². The van der Waals surface area contributed by atoms with Gasteiger partial charge in [-0.25, -0.2) is 4.79 Å². The minimum atomic E-state index is -0.857. The van der Waals surface area contributed by atoms with E-state index in [0.29, 0.717) is 23.8 Å². The fraction of sp³-hybridized carbons (Fsp3) is 0.389. The van der Waals surface area contributed by atoms with Crippen molar-refractivity contribution in [2.45, 2.75) is 20.4 Å². The van der Waals surface area contributed by atoms with Gasteiger partial charge in [0.1, 0.15) is 5.92 Å². The van der Waals surface area contributed by atoms with Crippen molar-refractivity contribution in [1.82, 2.24) is 5.32 Å². The number of thioether (sulfide) groups is 1. The van der Waals surface area contributed by atoms with Crippen LogP contribution in [0.3, 0.4) is 0 Å². The first-order valence-corrected chi connectivity index (χ1v) is 9.59. The van der Waals surface area contributed by atoms with Gasteiger partial charge in [0.2, 0.25) is 12.7 Å². The Hall–Kier alpha value is -2.88. The molecule has 1 N–H and O–H groups in total. The van der Waals surface area contributed by atoms with Crippen molar-refractivity contribution in [3.05, 3.63) is 23.8 Å². The number of ether oxygens (including phenoxy) is 3. The summed E-state index contributed by atoms with van der Waals surface area (Å²) in [5.74, 6) is -0.344. The van der Waals surface area contributed by atoms with Crippen LogP contribution in [0.2, 0.25) is 0 Å². The molecule has 2 aliphatic heterocycles. The molecule has 0 radical (unpaired) electrons. The van der Waals surface area contributed by atoms with Crippen LogP contribution in [0, 0.1) is 5.92 Å². The molecule has 3 amide bonds. The smallest absolute Gasteiger partial charge is 0.367 e. The van der Waals surface area contributed by atoms with E-state index in [4.69, 9.17) is 14.2 Å². The standard InChI is InChI=1S/C18H19N3O6S/c1-3-25-17(23)15-10(2)20-18(24)21-16(15)28-8-14(22)19-7-11-4-5-12-13(6-11)27-9-26-12/h4-6,15H,3,7-9H2,1-2H3,(H,19,22). The number of aliphatic imine (C=N–C) groups is 2. The average molecular weight is 405 g/mol. The number of hydrogen-bond acceptors (Lipinski definition) is 7. The molecular weight excluding hydrogens is 386 g/mol. The number of fused-ring (bicyclic) bond motifs is 1. The number of hydrogen-bond donors (Lipinski definition) is 1. The van der Waals surface area contributed by atoms with E-state index >= 15 is 0 Å². The molecule has 9 nitrogen and oxygen atoms in total. The average Bonchev–Trinajstić information content (AvgIpc) is 3.12. The summed E-state index contributed by atoms with van der Waals surface area (Å²) >= 11 is 1.02. The molecule has 0 fully saturated rings. The number of benzene rings is 1. The number of amides is 3. The van der Waals surface area contributed by atoms with Crippen molar-refractivity contribution < 1.29 is 28.6 Å². The maximum Gasteiger partial charge on any atom is 0.367 e. The van der Waals surface area contributed by atoms with E-state index in [1.807, 2.05) is 6.07 Å². The summed E-state index contributed by atoms with van der Waals surface area (Å²) in [6.45, 7) is 3.95. The van der Waals surface area contributed by atoms with E-state index in [-0.39, 0.29) is 30.1 Å². The van der Waals surface area contributed by atoms with Gasteiger partial charge in [-0.3, -0.25) is 9.59 Å². The summed E-state index contributed by atoms with van der Waals surface area (Å²) in [6.07, 6.45) is 0. The molecule has 0 aliphatic carbocycles. The highest BCUT2D eigenvalue weighted by Gasteiger charge is 2.33. The summed E-state index contributed by atoms with van der Waals surface area (Å²) in [7, 11) is 0. The third-order valence-electron chi connectivity index (χ3n) is 3.94. The van der Waals surface area contributed by atoms with Crippen LogP contribution in [0.5, 0.6) is 11.5 Å².